The highest BCUT2D eigenvalue weighted by Gasteiger charge is 2.15. The zero-order valence-electron chi connectivity index (χ0n) is 18.2. The van der Waals surface area contributed by atoms with Crippen LogP contribution in [0.3, 0.4) is 0 Å². The van der Waals surface area contributed by atoms with Gasteiger partial charge < -0.3 is 9.47 Å². The quantitative estimate of drug-likeness (QED) is 0.364. The number of nitrogens with zero attached hydrogens (tertiary/aromatic N) is 3. The molecular weight excluding hydrogens is 526 g/mol. The monoisotopic (exact) mass is 549 g/mol. The topological polar surface area (TPSA) is 65.7 Å². The fourth-order valence-corrected chi connectivity index (χ4v) is 3.66. The Labute approximate surface area is 198 Å². The van der Waals surface area contributed by atoms with Gasteiger partial charge in [-0.05, 0) is 51.7 Å². The fourth-order valence-electron chi connectivity index (χ4n) is 2.88. The molecule has 8 heteroatoms. The molecule has 3 aromatic rings. The van der Waals surface area contributed by atoms with Crippen molar-refractivity contribution in [3.8, 4) is 11.5 Å². The first-order valence-electron chi connectivity index (χ1n) is 9.89. The first-order chi connectivity index (χ1) is 14.6. The number of rotatable bonds is 6. The summed E-state index contributed by atoms with van der Waals surface area (Å²) in [5.74, 6) is 1.83. The van der Waals surface area contributed by atoms with Crippen molar-refractivity contribution < 1.29 is 9.47 Å². The highest BCUT2D eigenvalue weighted by atomic mass is 79.9. The summed E-state index contributed by atoms with van der Waals surface area (Å²) in [5, 5.41) is 4.96. The molecule has 1 heterocycles. The van der Waals surface area contributed by atoms with Gasteiger partial charge in [-0.25, -0.2) is 4.98 Å². The Kier molecular flexibility index (Phi) is 7.21. The smallest absolute Gasteiger partial charge is 0.282 e. The van der Waals surface area contributed by atoms with Crippen LogP contribution in [0.5, 0.6) is 11.5 Å². The van der Waals surface area contributed by atoms with Crippen molar-refractivity contribution in [2.24, 2.45) is 10.5 Å². The van der Waals surface area contributed by atoms with Crippen molar-refractivity contribution in [2.75, 3.05) is 13.7 Å². The number of methoxy groups -OCH3 is 1. The molecule has 0 radical (unpaired) electrons. The predicted octanol–water partition coefficient (Wildman–Crippen LogP) is 5.80. The van der Waals surface area contributed by atoms with Gasteiger partial charge in [0.15, 0.2) is 11.5 Å². The summed E-state index contributed by atoms with van der Waals surface area (Å²) in [4.78, 5) is 17.7. The van der Waals surface area contributed by atoms with E-state index in [1.54, 1.807) is 19.4 Å². The lowest BCUT2D eigenvalue weighted by Crippen LogP contribution is -2.22. The third kappa shape index (κ3) is 5.54. The van der Waals surface area contributed by atoms with Crippen LogP contribution in [0.1, 0.15) is 39.1 Å². The first-order valence-corrected chi connectivity index (χ1v) is 11.5. The average Bonchev–Trinajstić information content (AvgIpc) is 2.72. The maximum absolute atomic E-state index is 13.1. The van der Waals surface area contributed by atoms with Crippen LogP contribution in [0.2, 0.25) is 0 Å². The third-order valence-electron chi connectivity index (χ3n) is 4.45. The summed E-state index contributed by atoms with van der Waals surface area (Å²) in [6.45, 7) is 8.81. The van der Waals surface area contributed by atoms with Gasteiger partial charge in [-0.3, -0.25) is 4.79 Å². The summed E-state index contributed by atoms with van der Waals surface area (Å²) in [5.41, 5.74) is 1.21. The van der Waals surface area contributed by atoms with Crippen LogP contribution in [-0.4, -0.2) is 29.6 Å². The highest BCUT2D eigenvalue weighted by molar-refractivity contribution is 9.10. The second-order valence-corrected chi connectivity index (χ2v) is 10.0. The van der Waals surface area contributed by atoms with Crippen LogP contribution in [0.15, 0.2) is 49.2 Å². The molecule has 0 aliphatic rings. The van der Waals surface area contributed by atoms with Gasteiger partial charge in [-0.15, -0.1) is 0 Å². The van der Waals surface area contributed by atoms with Crippen LogP contribution in [-0.2, 0) is 6.42 Å². The van der Waals surface area contributed by atoms with Crippen LogP contribution in [0.4, 0.5) is 0 Å². The maximum atomic E-state index is 13.1. The number of fused-ring (bicyclic) bond motifs is 1. The minimum absolute atomic E-state index is 0.0212. The summed E-state index contributed by atoms with van der Waals surface area (Å²) in [6.07, 6.45) is 2.19. The molecule has 0 spiro atoms. The third-order valence-corrected chi connectivity index (χ3v) is 5.63. The Morgan fingerprint density at radius 1 is 1.16 bits per heavy atom. The van der Waals surface area contributed by atoms with Gasteiger partial charge in [0.1, 0.15) is 5.82 Å². The molecule has 1 aromatic heterocycles. The second-order valence-electron chi connectivity index (χ2n) is 8.28. The molecule has 31 heavy (non-hydrogen) atoms. The molecule has 0 N–H and O–H groups in total. The van der Waals surface area contributed by atoms with E-state index < -0.39 is 0 Å². The molecule has 3 rings (SSSR count). The molecule has 0 atom stereocenters. The lowest BCUT2D eigenvalue weighted by atomic mass is 9.99. The van der Waals surface area contributed by atoms with Crippen LogP contribution in [0.25, 0.3) is 10.9 Å². The first kappa shape index (κ1) is 23.5. The van der Waals surface area contributed by atoms with Crippen molar-refractivity contribution in [2.45, 2.75) is 34.1 Å². The van der Waals surface area contributed by atoms with Crippen molar-refractivity contribution >= 4 is 49.0 Å². The minimum Gasteiger partial charge on any atom is -0.493 e. The number of hydrogen-bond donors (Lipinski definition) is 0. The van der Waals surface area contributed by atoms with Crippen LogP contribution < -0.4 is 15.0 Å². The molecular formula is C23H25Br2N3O3. The molecule has 0 aliphatic heterocycles. The normalized spacial score (nSPS) is 12.0. The Morgan fingerprint density at radius 3 is 2.55 bits per heavy atom. The molecule has 0 unspecified atom stereocenters. The molecule has 0 saturated carbocycles. The molecule has 2 aromatic carbocycles. The number of ether oxygens (including phenoxy) is 2. The number of aromatic nitrogens is 2. The van der Waals surface area contributed by atoms with E-state index in [-0.39, 0.29) is 11.0 Å². The van der Waals surface area contributed by atoms with Gasteiger partial charge >= 0.3 is 0 Å². The van der Waals surface area contributed by atoms with Gasteiger partial charge in [-0.1, -0.05) is 43.6 Å². The summed E-state index contributed by atoms with van der Waals surface area (Å²) < 4.78 is 14.4. The summed E-state index contributed by atoms with van der Waals surface area (Å²) in [6, 6.07) is 9.13. The second kappa shape index (κ2) is 9.53. The van der Waals surface area contributed by atoms with Gasteiger partial charge in [-0.2, -0.15) is 9.78 Å². The molecule has 6 nitrogen and oxygen atoms in total. The maximum Gasteiger partial charge on any atom is 0.282 e. The lowest BCUT2D eigenvalue weighted by molar-refractivity contribution is 0.191. The van der Waals surface area contributed by atoms with Gasteiger partial charge in [0.2, 0.25) is 0 Å². The Hall–Kier alpha value is -2.19. The molecule has 0 bridgehead atoms. The van der Waals surface area contributed by atoms with E-state index >= 15 is 0 Å². The average molecular weight is 551 g/mol. The lowest BCUT2D eigenvalue weighted by Gasteiger charge is -2.20. The van der Waals surface area contributed by atoms with E-state index in [9.17, 15) is 4.79 Å². The zero-order valence-corrected chi connectivity index (χ0v) is 21.4. The Balaban J connectivity index is 2.02. The zero-order chi connectivity index (χ0) is 22.8. The van der Waals surface area contributed by atoms with Crippen molar-refractivity contribution in [1.82, 2.24) is 9.66 Å². The number of hydrogen-bond acceptors (Lipinski definition) is 5. The number of aryl methyl sites for hydroxylation is 1. The van der Waals surface area contributed by atoms with Gasteiger partial charge in [0.05, 0.1) is 30.8 Å². The summed E-state index contributed by atoms with van der Waals surface area (Å²) >= 11 is 6.99. The Morgan fingerprint density at radius 2 is 1.90 bits per heavy atom. The van der Waals surface area contributed by atoms with Crippen molar-refractivity contribution in [3.63, 3.8) is 0 Å². The van der Waals surface area contributed by atoms with E-state index in [4.69, 9.17) is 9.47 Å². The van der Waals surface area contributed by atoms with E-state index in [0.29, 0.717) is 41.3 Å². The van der Waals surface area contributed by atoms with E-state index in [2.05, 4.69) is 62.7 Å². The van der Waals surface area contributed by atoms with Gasteiger partial charge in [0.25, 0.3) is 5.56 Å². The van der Waals surface area contributed by atoms with Gasteiger partial charge in [0, 0.05) is 20.9 Å². The fraction of sp³-hybridized carbons (Fsp3) is 0.348. The largest absolute Gasteiger partial charge is 0.493 e. The summed E-state index contributed by atoms with van der Waals surface area (Å²) in [7, 11) is 1.60. The molecule has 0 aliphatic carbocycles. The molecule has 0 fully saturated rings. The van der Waals surface area contributed by atoms with Crippen LogP contribution in [0, 0.1) is 5.41 Å². The minimum atomic E-state index is -0.215. The highest BCUT2D eigenvalue weighted by Crippen LogP contribution is 2.34. The van der Waals surface area contributed by atoms with E-state index in [0.717, 1.165) is 14.5 Å². The van der Waals surface area contributed by atoms with E-state index in [1.807, 2.05) is 31.2 Å². The van der Waals surface area contributed by atoms with Crippen molar-refractivity contribution in [1.29, 1.82) is 0 Å². The SMILES string of the molecule is CCc1nc2ccc(Br)cc2c(=O)n1N=Cc1cc(OC)c(OCC(C)(C)C)cc1Br. The Bertz CT molecular complexity index is 1200. The predicted molar refractivity (Wildman–Crippen MR) is 132 cm³/mol. The van der Waals surface area contributed by atoms with E-state index in [1.165, 1.54) is 4.68 Å². The van der Waals surface area contributed by atoms with Crippen molar-refractivity contribution in [3.05, 3.63) is 61.0 Å². The molecule has 0 amide bonds. The standard InChI is InChI=1S/C23H25Br2N3O3/c1-6-21-27-18-8-7-15(24)10-16(18)22(29)28(21)26-12-14-9-19(30-5)20(11-17(14)25)31-13-23(2,3)4/h7-12H,6,13H2,1-5H3. The molecule has 0 saturated heterocycles. The van der Waals surface area contributed by atoms with Crippen LogP contribution >= 0.6 is 31.9 Å². The number of benzene rings is 2. The number of halogens is 2. The molecule has 164 valence electrons.